The van der Waals surface area contributed by atoms with Crippen LogP contribution in [0.5, 0.6) is 5.75 Å². The summed E-state index contributed by atoms with van der Waals surface area (Å²) in [6.07, 6.45) is 0. The average Bonchev–Trinajstić information content (AvgIpc) is 2.99. The van der Waals surface area contributed by atoms with E-state index in [1.54, 1.807) is 30.3 Å². The Bertz CT molecular complexity index is 933. The van der Waals surface area contributed by atoms with Gasteiger partial charge in [0, 0.05) is 11.6 Å². The van der Waals surface area contributed by atoms with Crippen LogP contribution in [0.4, 0.5) is 5.82 Å². The Hall–Kier alpha value is -2.80. The van der Waals surface area contributed by atoms with Gasteiger partial charge in [-0.1, -0.05) is 18.2 Å². The van der Waals surface area contributed by atoms with E-state index in [1.165, 1.54) is 18.2 Å². The van der Waals surface area contributed by atoms with Crippen molar-refractivity contribution in [1.29, 1.82) is 0 Å². The van der Waals surface area contributed by atoms with Crippen molar-refractivity contribution in [2.75, 3.05) is 12.3 Å². The molecule has 3 rings (SSSR count). The predicted molar refractivity (Wildman–Crippen MR) is 92.3 cm³/mol. The molecule has 0 unspecified atom stereocenters. The summed E-state index contributed by atoms with van der Waals surface area (Å²) in [4.78, 5) is 0.137. The first-order valence-electron chi connectivity index (χ1n) is 7.42. The van der Waals surface area contributed by atoms with Crippen molar-refractivity contribution >= 4 is 15.8 Å². The molecule has 6 nitrogen and oxygen atoms in total. The second-order valence-corrected chi connectivity index (χ2v) is 6.84. The summed E-state index contributed by atoms with van der Waals surface area (Å²) >= 11 is 0. The quantitative estimate of drug-likeness (QED) is 0.770. The third-order valence-electron chi connectivity index (χ3n) is 3.43. The van der Waals surface area contributed by atoms with Crippen LogP contribution in [0, 0.1) is 0 Å². The molecule has 124 valence electrons. The highest BCUT2D eigenvalue weighted by Crippen LogP contribution is 2.25. The normalized spacial score (nSPS) is 11.4. The first-order chi connectivity index (χ1) is 11.5. The van der Waals surface area contributed by atoms with Crippen LogP contribution in [0.25, 0.3) is 11.3 Å². The molecular formula is C17H17N3O3S. The van der Waals surface area contributed by atoms with Crippen LogP contribution in [0.15, 0.2) is 65.6 Å². The first kappa shape index (κ1) is 16.1. The number of hydrogen-bond donors (Lipinski definition) is 1. The van der Waals surface area contributed by atoms with E-state index in [0.29, 0.717) is 12.3 Å². The Morgan fingerprint density at radius 1 is 1.08 bits per heavy atom. The maximum Gasteiger partial charge on any atom is 0.284 e. The van der Waals surface area contributed by atoms with Gasteiger partial charge in [-0.25, -0.2) is 0 Å². The highest BCUT2D eigenvalue weighted by molar-refractivity contribution is 7.90. The van der Waals surface area contributed by atoms with Gasteiger partial charge < -0.3 is 10.5 Å². The van der Waals surface area contributed by atoms with E-state index in [1.807, 2.05) is 19.1 Å². The van der Waals surface area contributed by atoms with Gasteiger partial charge in [0.1, 0.15) is 11.6 Å². The monoisotopic (exact) mass is 343 g/mol. The van der Waals surface area contributed by atoms with Crippen LogP contribution in [-0.2, 0) is 10.0 Å². The van der Waals surface area contributed by atoms with Crippen LogP contribution in [-0.4, -0.2) is 24.2 Å². The number of benzene rings is 2. The zero-order valence-electron chi connectivity index (χ0n) is 13.1. The molecule has 0 atom stereocenters. The molecule has 0 aliphatic heterocycles. The maximum atomic E-state index is 12.6. The summed E-state index contributed by atoms with van der Waals surface area (Å²) in [6.45, 7) is 2.49. The molecule has 0 radical (unpaired) electrons. The number of aromatic nitrogens is 2. The summed E-state index contributed by atoms with van der Waals surface area (Å²) in [7, 11) is -3.82. The lowest BCUT2D eigenvalue weighted by molar-refractivity contribution is 0.340. The number of nitrogens with two attached hydrogens (primary N) is 1. The van der Waals surface area contributed by atoms with Crippen LogP contribution in [0.2, 0.25) is 0 Å². The number of hydrogen-bond acceptors (Lipinski definition) is 5. The van der Waals surface area contributed by atoms with Gasteiger partial charge in [0.15, 0.2) is 0 Å². The molecule has 2 N–H and O–H groups in total. The molecule has 0 bridgehead atoms. The smallest absolute Gasteiger partial charge is 0.284 e. The molecule has 0 saturated carbocycles. The second-order valence-electron chi connectivity index (χ2n) is 5.07. The van der Waals surface area contributed by atoms with Gasteiger partial charge in [-0.2, -0.15) is 13.5 Å². The van der Waals surface area contributed by atoms with Gasteiger partial charge in [-0.05, 0) is 43.3 Å². The summed E-state index contributed by atoms with van der Waals surface area (Å²) in [5.74, 6) is 0.799. The summed E-state index contributed by atoms with van der Waals surface area (Å²) in [6, 6.07) is 16.8. The minimum atomic E-state index is -3.82. The summed E-state index contributed by atoms with van der Waals surface area (Å²) in [5.41, 5.74) is 7.11. The SMILES string of the molecule is CCOc1ccc(-c2cc(N)n(S(=O)(=O)c3ccccc3)n2)cc1. The number of nitrogen functional groups attached to an aromatic ring is 1. The van der Waals surface area contributed by atoms with Gasteiger partial charge >= 0.3 is 0 Å². The van der Waals surface area contributed by atoms with E-state index < -0.39 is 10.0 Å². The molecule has 0 aliphatic carbocycles. The largest absolute Gasteiger partial charge is 0.494 e. The van der Waals surface area contributed by atoms with Gasteiger partial charge in [0.25, 0.3) is 10.0 Å². The molecule has 0 amide bonds. The van der Waals surface area contributed by atoms with E-state index in [0.717, 1.165) is 15.4 Å². The second kappa shape index (κ2) is 6.37. The Balaban J connectivity index is 1.99. The predicted octanol–water partition coefficient (Wildman–Crippen LogP) is 2.77. The molecule has 1 aromatic heterocycles. The van der Waals surface area contributed by atoms with Gasteiger partial charge in [0.2, 0.25) is 0 Å². The third-order valence-corrected chi connectivity index (χ3v) is 5.05. The molecule has 3 aromatic rings. The highest BCUT2D eigenvalue weighted by Gasteiger charge is 2.21. The molecule has 7 heteroatoms. The van der Waals surface area contributed by atoms with E-state index in [9.17, 15) is 8.42 Å². The Kier molecular flexibility index (Phi) is 4.26. The summed E-state index contributed by atoms with van der Waals surface area (Å²) in [5, 5.41) is 4.17. The third kappa shape index (κ3) is 2.98. The molecular weight excluding hydrogens is 326 g/mol. The molecule has 0 saturated heterocycles. The van der Waals surface area contributed by atoms with E-state index in [-0.39, 0.29) is 10.7 Å². The Morgan fingerprint density at radius 2 is 1.75 bits per heavy atom. The topological polar surface area (TPSA) is 87.2 Å². The minimum Gasteiger partial charge on any atom is -0.494 e. The van der Waals surface area contributed by atoms with Crippen molar-refractivity contribution in [2.45, 2.75) is 11.8 Å². The number of rotatable bonds is 5. The number of nitrogens with zero attached hydrogens (tertiary/aromatic N) is 2. The maximum absolute atomic E-state index is 12.6. The van der Waals surface area contributed by atoms with Crippen molar-refractivity contribution in [3.8, 4) is 17.0 Å². The number of anilines is 1. The molecule has 0 fully saturated rings. The van der Waals surface area contributed by atoms with Crippen LogP contribution in [0.1, 0.15) is 6.92 Å². The lowest BCUT2D eigenvalue weighted by Gasteiger charge is -2.05. The van der Waals surface area contributed by atoms with Gasteiger partial charge in [-0.3, -0.25) is 0 Å². The lowest BCUT2D eigenvalue weighted by atomic mass is 10.1. The molecule has 1 heterocycles. The van der Waals surface area contributed by atoms with Gasteiger partial charge in [-0.15, -0.1) is 4.09 Å². The van der Waals surface area contributed by atoms with Crippen molar-refractivity contribution in [2.24, 2.45) is 0 Å². The van der Waals surface area contributed by atoms with Crippen molar-refractivity contribution in [3.63, 3.8) is 0 Å². The summed E-state index contributed by atoms with van der Waals surface area (Å²) < 4.78 is 31.5. The van der Waals surface area contributed by atoms with Crippen molar-refractivity contribution in [3.05, 3.63) is 60.7 Å². The Labute approximate surface area is 140 Å². The zero-order chi connectivity index (χ0) is 17.2. The molecule has 0 aliphatic rings. The average molecular weight is 343 g/mol. The van der Waals surface area contributed by atoms with Crippen LogP contribution >= 0.6 is 0 Å². The van der Waals surface area contributed by atoms with E-state index in [2.05, 4.69) is 5.10 Å². The van der Waals surface area contributed by atoms with E-state index >= 15 is 0 Å². The first-order valence-corrected chi connectivity index (χ1v) is 8.86. The molecule has 24 heavy (non-hydrogen) atoms. The van der Waals surface area contributed by atoms with Crippen LogP contribution < -0.4 is 10.5 Å². The fourth-order valence-corrected chi connectivity index (χ4v) is 3.52. The van der Waals surface area contributed by atoms with Gasteiger partial charge in [0.05, 0.1) is 17.2 Å². The zero-order valence-corrected chi connectivity index (χ0v) is 13.9. The minimum absolute atomic E-state index is 0.0581. The molecule has 0 spiro atoms. The Morgan fingerprint density at radius 3 is 2.38 bits per heavy atom. The number of ether oxygens (including phenoxy) is 1. The van der Waals surface area contributed by atoms with Crippen LogP contribution in [0.3, 0.4) is 0 Å². The van der Waals surface area contributed by atoms with Crippen molar-refractivity contribution < 1.29 is 13.2 Å². The van der Waals surface area contributed by atoms with E-state index in [4.69, 9.17) is 10.5 Å². The fourth-order valence-electron chi connectivity index (χ4n) is 2.29. The van der Waals surface area contributed by atoms with Crippen molar-refractivity contribution in [1.82, 2.24) is 9.19 Å². The molecule has 2 aromatic carbocycles. The standard InChI is InChI=1S/C17H17N3O3S/c1-2-23-14-10-8-13(9-11-14)16-12-17(18)20(19-16)24(21,22)15-6-4-3-5-7-15/h3-12H,2,18H2,1H3. The fraction of sp³-hybridized carbons (Fsp3) is 0.118. The highest BCUT2D eigenvalue weighted by atomic mass is 32.2. The lowest BCUT2D eigenvalue weighted by Crippen LogP contribution is -2.16.